The molecule has 2 rings (SSSR count). The third kappa shape index (κ3) is 2.26. The molecule has 0 bridgehead atoms. The lowest BCUT2D eigenvalue weighted by Gasteiger charge is -2.21. The first-order chi connectivity index (χ1) is 7.91. The molecular formula is C15H20N2. The van der Waals surface area contributed by atoms with Gasteiger partial charge in [-0.05, 0) is 35.6 Å². The molecule has 2 heteroatoms. The third-order valence-corrected chi connectivity index (χ3v) is 3.12. The molecule has 0 atom stereocenters. The van der Waals surface area contributed by atoms with Gasteiger partial charge in [-0.25, -0.2) is 4.98 Å². The van der Waals surface area contributed by atoms with Gasteiger partial charge in [0.1, 0.15) is 5.82 Å². The van der Waals surface area contributed by atoms with Gasteiger partial charge in [0.25, 0.3) is 0 Å². The van der Waals surface area contributed by atoms with Crippen molar-refractivity contribution >= 4 is 16.7 Å². The molecule has 90 valence electrons. The number of rotatable bonds is 1. The number of pyridine rings is 1. The summed E-state index contributed by atoms with van der Waals surface area (Å²) in [5, 5.41) is 1.18. The highest BCUT2D eigenvalue weighted by atomic mass is 14.8. The van der Waals surface area contributed by atoms with Crippen molar-refractivity contribution in [3.8, 4) is 0 Å². The predicted molar refractivity (Wildman–Crippen MR) is 74.2 cm³/mol. The van der Waals surface area contributed by atoms with Crippen molar-refractivity contribution in [1.82, 2.24) is 4.98 Å². The van der Waals surface area contributed by atoms with Crippen LogP contribution in [0.25, 0.3) is 10.9 Å². The minimum atomic E-state index is 0.0352. The molecule has 1 heterocycles. The molecule has 2 N–H and O–H groups in total. The van der Waals surface area contributed by atoms with E-state index in [0.717, 1.165) is 17.5 Å². The van der Waals surface area contributed by atoms with E-state index < -0.39 is 0 Å². The molecule has 1 aromatic heterocycles. The van der Waals surface area contributed by atoms with Crippen LogP contribution in [0.4, 0.5) is 5.82 Å². The molecule has 2 nitrogen and oxygen atoms in total. The molecule has 17 heavy (non-hydrogen) atoms. The second-order valence-corrected chi connectivity index (χ2v) is 5.55. The van der Waals surface area contributed by atoms with Crippen molar-refractivity contribution in [3.05, 3.63) is 35.4 Å². The van der Waals surface area contributed by atoms with E-state index in [2.05, 4.69) is 56.9 Å². The van der Waals surface area contributed by atoms with Gasteiger partial charge in [-0.2, -0.15) is 0 Å². The van der Waals surface area contributed by atoms with Crippen LogP contribution in [0.15, 0.2) is 24.3 Å². The maximum absolute atomic E-state index is 6.03. The molecular weight excluding hydrogens is 208 g/mol. The Morgan fingerprint density at radius 3 is 2.47 bits per heavy atom. The average Bonchev–Trinajstić information content (AvgIpc) is 2.26. The summed E-state index contributed by atoms with van der Waals surface area (Å²) in [6.45, 7) is 8.65. The molecule has 1 aromatic carbocycles. The van der Waals surface area contributed by atoms with Gasteiger partial charge in [0.15, 0.2) is 0 Å². The molecule has 0 saturated carbocycles. The van der Waals surface area contributed by atoms with E-state index >= 15 is 0 Å². The van der Waals surface area contributed by atoms with E-state index in [1.54, 1.807) is 0 Å². The smallest absolute Gasteiger partial charge is 0.127 e. The van der Waals surface area contributed by atoms with Gasteiger partial charge < -0.3 is 5.73 Å². The number of nitrogens with zero attached hydrogens (tertiary/aromatic N) is 1. The predicted octanol–water partition coefficient (Wildman–Crippen LogP) is 3.68. The highest BCUT2D eigenvalue weighted by Gasteiger charge is 2.18. The number of anilines is 1. The summed E-state index contributed by atoms with van der Waals surface area (Å²) in [5.74, 6) is 0.647. The number of hydrogen-bond acceptors (Lipinski definition) is 2. The SMILES string of the molecule is CCc1ccc2nc(N)c(C(C)(C)C)cc2c1. The Labute approximate surface area is 103 Å². The van der Waals surface area contributed by atoms with Gasteiger partial charge in [-0.1, -0.05) is 33.8 Å². The Kier molecular flexibility index (Phi) is 2.82. The van der Waals surface area contributed by atoms with Crippen molar-refractivity contribution in [3.63, 3.8) is 0 Å². The van der Waals surface area contributed by atoms with Crippen molar-refractivity contribution in [2.45, 2.75) is 39.5 Å². The third-order valence-electron chi connectivity index (χ3n) is 3.12. The maximum atomic E-state index is 6.03. The van der Waals surface area contributed by atoms with E-state index in [-0.39, 0.29) is 5.41 Å². The Bertz CT molecular complexity index is 551. The Balaban J connectivity index is 2.69. The molecule has 0 radical (unpaired) electrons. The summed E-state index contributed by atoms with van der Waals surface area (Å²) in [6, 6.07) is 8.55. The van der Waals surface area contributed by atoms with E-state index in [9.17, 15) is 0 Å². The van der Waals surface area contributed by atoms with Crippen LogP contribution in [0, 0.1) is 0 Å². The van der Waals surface area contributed by atoms with Crippen LogP contribution >= 0.6 is 0 Å². The number of nitrogens with two attached hydrogens (primary N) is 1. The quantitative estimate of drug-likeness (QED) is 0.808. The number of aromatic nitrogens is 1. The van der Waals surface area contributed by atoms with Crippen LogP contribution in [0.2, 0.25) is 0 Å². The van der Waals surface area contributed by atoms with Gasteiger partial charge >= 0.3 is 0 Å². The molecule has 0 aliphatic rings. The van der Waals surface area contributed by atoms with Crippen molar-refractivity contribution in [2.24, 2.45) is 0 Å². The van der Waals surface area contributed by atoms with Gasteiger partial charge in [-0.15, -0.1) is 0 Å². The van der Waals surface area contributed by atoms with Gasteiger partial charge in [0, 0.05) is 10.9 Å². The highest BCUT2D eigenvalue weighted by Crippen LogP contribution is 2.29. The fourth-order valence-electron chi connectivity index (χ4n) is 2.06. The van der Waals surface area contributed by atoms with Crippen LogP contribution in [0.5, 0.6) is 0 Å². The summed E-state index contributed by atoms with van der Waals surface area (Å²) in [4.78, 5) is 4.50. The highest BCUT2D eigenvalue weighted by molar-refractivity contribution is 5.82. The first-order valence-corrected chi connectivity index (χ1v) is 6.11. The topological polar surface area (TPSA) is 38.9 Å². The summed E-state index contributed by atoms with van der Waals surface area (Å²) < 4.78 is 0. The zero-order valence-electron chi connectivity index (χ0n) is 11.0. The molecule has 0 saturated heterocycles. The van der Waals surface area contributed by atoms with Crippen LogP contribution in [-0.2, 0) is 11.8 Å². The summed E-state index contributed by atoms with van der Waals surface area (Å²) in [6.07, 6.45) is 1.05. The zero-order chi connectivity index (χ0) is 12.6. The van der Waals surface area contributed by atoms with Gasteiger partial charge in [0.05, 0.1) is 5.52 Å². The average molecular weight is 228 g/mol. The zero-order valence-corrected chi connectivity index (χ0v) is 11.0. The number of fused-ring (bicyclic) bond motifs is 1. The number of aryl methyl sites for hydroxylation is 1. The second-order valence-electron chi connectivity index (χ2n) is 5.55. The summed E-state index contributed by atoms with van der Waals surface area (Å²) in [5.41, 5.74) is 9.51. The lowest BCUT2D eigenvalue weighted by atomic mass is 9.86. The standard InChI is InChI=1S/C15H20N2/c1-5-10-6-7-13-11(8-10)9-12(14(16)17-13)15(2,3)4/h6-9H,5H2,1-4H3,(H2,16,17). The molecule has 0 unspecified atom stereocenters. The fourth-order valence-corrected chi connectivity index (χ4v) is 2.06. The summed E-state index contributed by atoms with van der Waals surface area (Å²) >= 11 is 0. The molecule has 0 fully saturated rings. The molecule has 0 amide bonds. The largest absolute Gasteiger partial charge is 0.383 e. The van der Waals surface area contributed by atoms with Crippen molar-refractivity contribution < 1.29 is 0 Å². The van der Waals surface area contributed by atoms with Crippen LogP contribution in [0.3, 0.4) is 0 Å². The van der Waals surface area contributed by atoms with Crippen molar-refractivity contribution in [2.75, 3.05) is 5.73 Å². The first-order valence-electron chi connectivity index (χ1n) is 6.11. The maximum Gasteiger partial charge on any atom is 0.127 e. The van der Waals surface area contributed by atoms with E-state index in [1.807, 2.05) is 0 Å². The van der Waals surface area contributed by atoms with Crippen LogP contribution < -0.4 is 5.73 Å². The fraction of sp³-hybridized carbons (Fsp3) is 0.400. The Hall–Kier alpha value is -1.57. The normalized spacial score (nSPS) is 12.0. The van der Waals surface area contributed by atoms with E-state index in [0.29, 0.717) is 5.82 Å². The number of hydrogen-bond donors (Lipinski definition) is 1. The minimum absolute atomic E-state index is 0.0352. The molecule has 2 aromatic rings. The Morgan fingerprint density at radius 2 is 1.88 bits per heavy atom. The lowest BCUT2D eigenvalue weighted by molar-refractivity contribution is 0.591. The van der Waals surface area contributed by atoms with Gasteiger partial charge in [0.2, 0.25) is 0 Å². The number of nitrogen functional groups attached to an aromatic ring is 1. The van der Waals surface area contributed by atoms with E-state index in [1.165, 1.54) is 10.9 Å². The first kappa shape index (κ1) is 11.9. The van der Waals surface area contributed by atoms with Crippen LogP contribution in [0.1, 0.15) is 38.8 Å². The second kappa shape index (κ2) is 4.02. The monoisotopic (exact) mass is 228 g/mol. The van der Waals surface area contributed by atoms with Gasteiger partial charge in [-0.3, -0.25) is 0 Å². The number of benzene rings is 1. The van der Waals surface area contributed by atoms with E-state index in [4.69, 9.17) is 5.73 Å². The molecule has 0 aliphatic heterocycles. The minimum Gasteiger partial charge on any atom is -0.383 e. The molecule has 0 aliphatic carbocycles. The Morgan fingerprint density at radius 1 is 1.18 bits per heavy atom. The molecule has 0 spiro atoms. The van der Waals surface area contributed by atoms with Crippen LogP contribution in [-0.4, -0.2) is 4.98 Å². The lowest BCUT2D eigenvalue weighted by Crippen LogP contribution is -2.15. The van der Waals surface area contributed by atoms with Crippen molar-refractivity contribution in [1.29, 1.82) is 0 Å². The summed E-state index contributed by atoms with van der Waals surface area (Å²) in [7, 11) is 0.